The first kappa shape index (κ1) is 10.4. The van der Waals surface area contributed by atoms with Gasteiger partial charge in [-0.3, -0.25) is 0 Å². The summed E-state index contributed by atoms with van der Waals surface area (Å²) < 4.78 is 9.87. The Morgan fingerprint density at radius 1 is 1.50 bits per heavy atom. The molecular weight excluding hydrogens is 182 g/mol. The fourth-order valence-corrected chi connectivity index (χ4v) is 1.15. The van der Waals surface area contributed by atoms with Gasteiger partial charge in [-0.1, -0.05) is 6.07 Å². The first-order valence-corrected chi connectivity index (χ1v) is 4.30. The zero-order chi connectivity index (χ0) is 10.6. The topological polar surface area (TPSA) is 61.5 Å². The molecule has 0 fully saturated rings. The predicted molar refractivity (Wildman–Crippen MR) is 53.4 cm³/mol. The van der Waals surface area contributed by atoms with E-state index in [1.807, 2.05) is 0 Å². The van der Waals surface area contributed by atoms with Gasteiger partial charge in [-0.2, -0.15) is 0 Å². The van der Waals surface area contributed by atoms with E-state index in [0.717, 1.165) is 0 Å². The van der Waals surface area contributed by atoms with Gasteiger partial charge >= 0.3 is 5.97 Å². The number of nitrogens with two attached hydrogens (primary N) is 1. The number of carbonyl (C=O) groups is 1. The molecule has 2 N–H and O–H groups in total. The number of methoxy groups -OCH3 is 1. The summed E-state index contributed by atoms with van der Waals surface area (Å²) in [6, 6.07) is 4.97. The van der Waals surface area contributed by atoms with Crippen LogP contribution in [0, 0.1) is 0 Å². The van der Waals surface area contributed by atoms with Gasteiger partial charge in [0.2, 0.25) is 0 Å². The molecule has 76 valence electrons. The molecule has 0 aliphatic carbocycles. The summed E-state index contributed by atoms with van der Waals surface area (Å²) >= 11 is 0. The van der Waals surface area contributed by atoms with Crippen LogP contribution < -0.4 is 10.5 Å². The summed E-state index contributed by atoms with van der Waals surface area (Å²) in [5, 5.41) is 0. The molecule has 0 radical (unpaired) electrons. The van der Waals surface area contributed by atoms with Gasteiger partial charge in [0.25, 0.3) is 0 Å². The Labute approximate surface area is 82.6 Å². The number of para-hydroxylation sites is 1. The quantitative estimate of drug-likeness (QED) is 0.585. The van der Waals surface area contributed by atoms with Crippen molar-refractivity contribution in [1.29, 1.82) is 0 Å². The van der Waals surface area contributed by atoms with Crippen molar-refractivity contribution in [3.05, 3.63) is 23.8 Å². The number of anilines is 1. The lowest BCUT2D eigenvalue weighted by atomic mass is 10.2. The maximum atomic E-state index is 11.4. The van der Waals surface area contributed by atoms with Crippen molar-refractivity contribution in [2.75, 3.05) is 19.5 Å². The fourth-order valence-electron chi connectivity index (χ4n) is 1.15. The highest BCUT2D eigenvalue weighted by atomic mass is 16.5. The molecule has 1 aromatic rings. The lowest BCUT2D eigenvalue weighted by Gasteiger charge is -2.09. The molecule has 0 spiro atoms. The Morgan fingerprint density at radius 2 is 2.21 bits per heavy atom. The summed E-state index contributed by atoms with van der Waals surface area (Å²) in [7, 11) is 1.47. The van der Waals surface area contributed by atoms with Crippen molar-refractivity contribution < 1.29 is 14.3 Å². The second kappa shape index (κ2) is 4.50. The summed E-state index contributed by atoms with van der Waals surface area (Å²) in [4.78, 5) is 11.4. The molecule has 1 aromatic carbocycles. The van der Waals surface area contributed by atoms with Crippen LogP contribution in [0.2, 0.25) is 0 Å². The van der Waals surface area contributed by atoms with Gasteiger partial charge in [-0.25, -0.2) is 4.79 Å². The second-order valence-electron chi connectivity index (χ2n) is 2.65. The average Bonchev–Trinajstić information content (AvgIpc) is 2.17. The molecule has 4 nitrogen and oxygen atoms in total. The number of esters is 1. The minimum absolute atomic E-state index is 0.330. The second-order valence-corrected chi connectivity index (χ2v) is 2.65. The molecule has 0 saturated heterocycles. The summed E-state index contributed by atoms with van der Waals surface area (Å²) in [5.41, 5.74) is 6.42. The normalized spacial score (nSPS) is 9.57. The lowest BCUT2D eigenvalue weighted by molar-refractivity contribution is 0.0523. The van der Waals surface area contributed by atoms with E-state index >= 15 is 0 Å². The van der Waals surface area contributed by atoms with Crippen LogP contribution in [0.4, 0.5) is 5.69 Å². The van der Waals surface area contributed by atoms with Crippen molar-refractivity contribution in [3.63, 3.8) is 0 Å². The Bertz CT molecular complexity index is 336. The molecule has 4 heteroatoms. The van der Waals surface area contributed by atoms with E-state index in [-0.39, 0.29) is 0 Å². The predicted octanol–water partition coefficient (Wildman–Crippen LogP) is 1.45. The van der Waals surface area contributed by atoms with Gasteiger partial charge in [-0.05, 0) is 19.1 Å². The Balaban J connectivity index is 3.07. The van der Waals surface area contributed by atoms with Gasteiger partial charge < -0.3 is 15.2 Å². The van der Waals surface area contributed by atoms with Crippen LogP contribution in [0.3, 0.4) is 0 Å². The molecule has 0 aromatic heterocycles. The molecule has 0 atom stereocenters. The monoisotopic (exact) mass is 195 g/mol. The molecule has 0 saturated carbocycles. The van der Waals surface area contributed by atoms with E-state index < -0.39 is 5.97 Å². The van der Waals surface area contributed by atoms with E-state index in [1.54, 1.807) is 25.1 Å². The minimum atomic E-state index is -0.420. The van der Waals surface area contributed by atoms with E-state index in [9.17, 15) is 4.79 Å². The van der Waals surface area contributed by atoms with Crippen LogP contribution in [0.15, 0.2) is 18.2 Å². The summed E-state index contributed by atoms with van der Waals surface area (Å²) in [5.74, 6) is -0.0531. The number of hydrogen-bond acceptors (Lipinski definition) is 4. The lowest BCUT2D eigenvalue weighted by Crippen LogP contribution is -2.08. The van der Waals surface area contributed by atoms with Crippen molar-refractivity contribution in [2.45, 2.75) is 6.92 Å². The summed E-state index contributed by atoms with van der Waals surface area (Å²) in [6.45, 7) is 2.08. The number of rotatable bonds is 3. The molecule has 0 aliphatic rings. The van der Waals surface area contributed by atoms with Crippen LogP contribution >= 0.6 is 0 Å². The first-order chi connectivity index (χ1) is 6.70. The number of nitrogen functional groups attached to an aromatic ring is 1. The van der Waals surface area contributed by atoms with E-state index in [0.29, 0.717) is 23.6 Å². The fraction of sp³-hybridized carbons (Fsp3) is 0.300. The van der Waals surface area contributed by atoms with E-state index in [4.69, 9.17) is 15.2 Å². The van der Waals surface area contributed by atoms with Crippen LogP contribution in [-0.4, -0.2) is 19.7 Å². The number of ether oxygens (including phenoxy) is 2. The Kier molecular flexibility index (Phi) is 3.34. The van der Waals surface area contributed by atoms with Crippen molar-refractivity contribution in [1.82, 2.24) is 0 Å². The minimum Gasteiger partial charge on any atom is -0.494 e. The maximum Gasteiger partial charge on any atom is 0.341 e. The molecular formula is C10H13NO3. The van der Waals surface area contributed by atoms with Crippen molar-refractivity contribution in [2.24, 2.45) is 0 Å². The van der Waals surface area contributed by atoms with Gasteiger partial charge in [0.1, 0.15) is 5.56 Å². The standard InChI is InChI=1S/C10H13NO3/c1-3-14-10(12)7-5-4-6-8(11)9(7)13-2/h4-6H,3,11H2,1-2H3. The number of hydrogen-bond donors (Lipinski definition) is 1. The third kappa shape index (κ3) is 1.96. The van der Waals surface area contributed by atoms with Crippen LogP contribution in [0.1, 0.15) is 17.3 Å². The van der Waals surface area contributed by atoms with Gasteiger partial charge in [0.15, 0.2) is 5.75 Å². The van der Waals surface area contributed by atoms with Crippen molar-refractivity contribution >= 4 is 11.7 Å². The maximum absolute atomic E-state index is 11.4. The molecule has 14 heavy (non-hydrogen) atoms. The van der Waals surface area contributed by atoms with Crippen molar-refractivity contribution in [3.8, 4) is 5.75 Å². The van der Waals surface area contributed by atoms with Crippen LogP contribution in [0.5, 0.6) is 5.75 Å². The van der Waals surface area contributed by atoms with Gasteiger partial charge in [0.05, 0.1) is 19.4 Å². The number of benzene rings is 1. The Morgan fingerprint density at radius 3 is 2.79 bits per heavy atom. The highest BCUT2D eigenvalue weighted by Crippen LogP contribution is 2.26. The third-order valence-corrected chi connectivity index (χ3v) is 1.74. The Hall–Kier alpha value is -1.71. The van der Waals surface area contributed by atoms with E-state index in [1.165, 1.54) is 7.11 Å². The average molecular weight is 195 g/mol. The molecule has 1 rings (SSSR count). The first-order valence-electron chi connectivity index (χ1n) is 4.30. The van der Waals surface area contributed by atoms with Gasteiger partial charge in [-0.15, -0.1) is 0 Å². The highest BCUT2D eigenvalue weighted by Gasteiger charge is 2.14. The zero-order valence-corrected chi connectivity index (χ0v) is 8.24. The summed E-state index contributed by atoms with van der Waals surface area (Å²) in [6.07, 6.45) is 0. The smallest absolute Gasteiger partial charge is 0.341 e. The van der Waals surface area contributed by atoms with Gasteiger partial charge in [0, 0.05) is 0 Å². The van der Waals surface area contributed by atoms with Crippen LogP contribution in [-0.2, 0) is 4.74 Å². The molecule has 0 bridgehead atoms. The largest absolute Gasteiger partial charge is 0.494 e. The highest BCUT2D eigenvalue weighted by molar-refractivity contribution is 5.94. The molecule has 0 amide bonds. The number of carbonyl (C=O) groups excluding carboxylic acids is 1. The molecule has 0 unspecified atom stereocenters. The van der Waals surface area contributed by atoms with Crippen LogP contribution in [0.25, 0.3) is 0 Å². The van der Waals surface area contributed by atoms with E-state index in [2.05, 4.69) is 0 Å². The third-order valence-electron chi connectivity index (χ3n) is 1.74. The SMILES string of the molecule is CCOC(=O)c1cccc(N)c1OC. The zero-order valence-electron chi connectivity index (χ0n) is 8.24. The molecule has 0 heterocycles. The molecule has 0 aliphatic heterocycles.